The number of aryl methyl sites for hydroxylation is 1. The molecule has 2 heterocycles. The molecule has 0 aliphatic rings. The van der Waals surface area contributed by atoms with E-state index in [9.17, 15) is 13.7 Å². The van der Waals surface area contributed by atoms with Gasteiger partial charge >= 0.3 is 0 Å². The second-order valence-corrected chi connectivity index (χ2v) is 9.46. The molecular formula is C20H22N4O4S. The third-order valence-corrected chi connectivity index (χ3v) is 5.96. The van der Waals surface area contributed by atoms with E-state index in [2.05, 4.69) is 10.3 Å². The van der Waals surface area contributed by atoms with Gasteiger partial charge in [-0.1, -0.05) is 18.2 Å². The summed E-state index contributed by atoms with van der Waals surface area (Å²) in [6.45, 7) is 7.30. The Bertz CT molecular complexity index is 1170. The van der Waals surface area contributed by atoms with Crippen LogP contribution < -0.4 is 9.62 Å². The number of benzene rings is 1. The molecule has 0 saturated carbocycles. The highest BCUT2D eigenvalue weighted by Crippen LogP contribution is 2.33. The van der Waals surface area contributed by atoms with E-state index in [1.54, 1.807) is 31.2 Å². The van der Waals surface area contributed by atoms with Gasteiger partial charge in [-0.2, -0.15) is 10.2 Å². The Kier molecular flexibility index (Phi) is 5.15. The number of hydrogen-bond donors (Lipinski definition) is 1. The number of aromatic nitrogens is 1. The van der Waals surface area contributed by atoms with Gasteiger partial charge in [-0.05, 0) is 39.8 Å². The van der Waals surface area contributed by atoms with Crippen LogP contribution in [-0.4, -0.2) is 26.0 Å². The van der Waals surface area contributed by atoms with Crippen LogP contribution in [0.25, 0.3) is 11.7 Å². The van der Waals surface area contributed by atoms with E-state index in [1.807, 2.05) is 32.9 Å². The highest BCUT2D eigenvalue weighted by molar-refractivity contribution is 7.92. The van der Waals surface area contributed by atoms with Gasteiger partial charge in [-0.25, -0.2) is 8.42 Å². The van der Waals surface area contributed by atoms with E-state index in [1.165, 1.54) is 17.4 Å². The maximum atomic E-state index is 13.1. The van der Waals surface area contributed by atoms with E-state index in [0.717, 1.165) is 0 Å². The van der Waals surface area contributed by atoms with Gasteiger partial charge in [0, 0.05) is 18.7 Å². The van der Waals surface area contributed by atoms with Crippen molar-refractivity contribution >= 4 is 21.6 Å². The van der Waals surface area contributed by atoms with Gasteiger partial charge in [0.25, 0.3) is 15.9 Å². The van der Waals surface area contributed by atoms with Crippen molar-refractivity contribution in [2.24, 2.45) is 0 Å². The summed E-state index contributed by atoms with van der Waals surface area (Å²) < 4.78 is 38.6. The van der Waals surface area contributed by atoms with Crippen molar-refractivity contribution in [2.75, 3.05) is 16.7 Å². The predicted molar refractivity (Wildman–Crippen MR) is 109 cm³/mol. The monoisotopic (exact) mass is 414 g/mol. The Hall–Kier alpha value is -3.25. The van der Waals surface area contributed by atoms with Gasteiger partial charge in [0.2, 0.25) is 11.6 Å². The number of para-hydroxylation sites is 1. The number of hydrogen-bond acceptors (Lipinski definition) is 7. The molecule has 9 heteroatoms. The number of nitrogens with zero attached hydrogens (tertiary/aromatic N) is 3. The van der Waals surface area contributed by atoms with Crippen LogP contribution in [0.2, 0.25) is 0 Å². The van der Waals surface area contributed by atoms with Gasteiger partial charge in [0.1, 0.15) is 16.7 Å². The summed E-state index contributed by atoms with van der Waals surface area (Å²) in [5, 5.41) is 12.4. The van der Waals surface area contributed by atoms with E-state index >= 15 is 0 Å². The van der Waals surface area contributed by atoms with Crippen molar-refractivity contribution < 1.29 is 17.3 Å². The lowest BCUT2D eigenvalue weighted by Gasteiger charge is -2.19. The van der Waals surface area contributed by atoms with Crippen LogP contribution in [0.5, 0.6) is 0 Å². The number of oxazole rings is 1. The first-order valence-corrected chi connectivity index (χ1v) is 10.3. The third kappa shape index (κ3) is 4.12. The van der Waals surface area contributed by atoms with Gasteiger partial charge in [-0.3, -0.25) is 4.31 Å². The second-order valence-electron chi connectivity index (χ2n) is 7.52. The number of nitrogens with one attached hydrogen (secondary N) is 1. The molecular weight excluding hydrogens is 392 g/mol. The van der Waals surface area contributed by atoms with Crippen LogP contribution in [0.1, 0.15) is 32.2 Å². The molecule has 0 unspecified atom stereocenters. The zero-order valence-corrected chi connectivity index (χ0v) is 17.7. The van der Waals surface area contributed by atoms with Crippen molar-refractivity contribution in [3.05, 3.63) is 47.9 Å². The molecule has 0 spiro atoms. The smallest absolute Gasteiger partial charge is 0.267 e. The van der Waals surface area contributed by atoms with Crippen LogP contribution in [0.3, 0.4) is 0 Å². The maximum absolute atomic E-state index is 13.1. The van der Waals surface area contributed by atoms with Crippen molar-refractivity contribution in [1.29, 1.82) is 5.26 Å². The third-order valence-electron chi connectivity index (χ3n) is 4.06. The number of anilines is 2. The molecule has 0 fully saturated rings. The minimum absolute atomic E-state index is 0.000825. The molecule has 0 aliphatic carbocycles. The molecule has 0 radical (unpaired) electrons. The number of furan rings is 1. The van der Waals surface area contributed by atoms with Crippen LogP contribution in [0, 0.1) is 18.3 Å². The summed E-state index contributed by atoms with van der Waals surface area (Å²) in [4.78, 5) is 4.13. The fraction of sp³-hybridized carbons (Fsp3) is 0.300. The zero-order valence-electron chi connectivity index (χ0n) is 16.8. The van der Waals surface area contributed by atoms with E-state index in [0.29, 0.717) is 5.69 Å². The molecule has 0 amide bonds. The lowest BCUT2D eigenvalue weighted by atomic mass is 10.1. The zero-order chi connectivity index (χ0) is 21.4. The standard InChI is InChI=1S/C20H22N4O4S/c1-13-17(29(25,26)24(5)14-9-7-6-8-10-14)11-16(27-13)19-22-15(12-21)18(28-19)23-20(2,3)4/h6-11,23H,1-5H3. The summed E-state index contributed by atoms with van der Waals surface area (Å²) in [5.74, 6) is 0.556. The van der Waals surface area contributed by atoms with Crippen LogP contribution in [0.15, 0.2) is 50.1 Å². The molecule has 29 heavy (non-hydrogen) atoms. The summed E-state index contributed by atoms with van der Waals surface area (Å²) in [6.07, 6.45) is 0. The number of nitriles is 1. The molecule has 8 nitrogen and oxygen atoms in total. The second kappa shape index (κ2) is 7.29. The molecule has 0 aliphatic heterocycles. The Morgan fingerprint density at radius 1 is 1.17 bits per heavy atom. The summed E-state index contributed by atoms with van der Waals surface area (Å²) >= 11 is 0. The van der Waals surface area contributed by atoms with E-state index in [4.69, 9.17) is 8.83 Å². The van der Waals surface area contributed by atoms with Crippen molar-refractivity contribution in [2.45, 2.75) is 38.1 Å². The minimum Gasteiger partial charge on any atom is -0.455 e. The minimum atomic E-state index is -3.86. The number of sulfonamides is 1. The maximum Gasteiger partial charge on any atom is 0.267 e. The van der Waals surface area contributed by atoms with Crippen molar-refractivity contribution in [3.8, 4) is 17.7 Å². The Balaban J connectivity index is 2.00. The molecule has 0 atom stereocenters. The van der Waals surface area contributed by atoms with Crippen molar-refractivity contribution in [1.82, 2.24) is 4.98 Å². The summed E-state index contributed by atoms with van der Waals surface area (Å²) in [7, 11) is -2.38. The van der Waals surface area contributed by atoms with Crippen LogP contribution >= 0.6 is 0 Å². The fourth-order valence-corrected chi connectivity index (χ4v) is 4.03. The predicted octanol–water partition coefficient (Wildman–Crippen LogP) is 4.15. The van der Waals surface area contributed by atoms with Crippen LogP contribution in [-0.2, 0) is 10.0 Å². The highest BCUT2D eigenvalue weighted by atomic mass is 32.2. The summed E-state index contributed by atoms with van der Waals surface area (Å²) in [5.41, 5.74) is 0.234. The average molecular weight is 414 g/mol. The van der Waals surface area contributed by atoms with Gasteiger partial charge < -0.3 is 14.2 Å². The lowest BCUT2D eigenvalue weighted by molar-refractivity contribution is 0.492. The topological polar surface area (TPSA) is 112 Å². The quantitative estimate of drug-likeness (QED) is 0.667. The molecule has 1 N–H and O–H groups in total. The van der Waals surface area contributed by atoms with E-state index in [-0.39, 0.29) is 39.4 Å². The Morgan fingerprint density at radius 3 is 2.41 bits per heavy atom. The van der Waals surface area contributed by atoms with Crippen LogP contribution in [0.4, 0.5) is 11.6 Å². The van der Waals surface area contributed by atoms with Gasteiger partial charge in [0.05, 0.1) is 5.69 Å². The van der Waals surface area contributed by atoms with Gasteiger partial charge in [-0.15, -0.1) is 0 Å². The lowest BCUT2D eigenvalue weighted by Crippen LogP contribution is -2.26. The Labute approximate surface area is 169 Å². The first-order valence-electron chi connectivity index (χ1n) is 8.87. The first kappa shape index (κ1) is 20.5. The Morgan fingerprint density at radius 2 is 1.83 bits per heavy atom. The molecule has 152 valence electrons. The fourth-order valence-electron chi connectivity index (χ4n) is 2.68. The van der Waals surface area contributed by atoms with Gasteiger partial charge in [0.15, 0.2) is 5.76 Å². The molecule has 2 aromatic heterocycles. The average Bonchev–Trinajstić information content (AvgIpc) is 3.24. The molecule has 3 aromatic rings. The van der Waals surface area contributed by atoms with Crippen molar-refractivity contribution in [3.63, 3.8) is 0 Å². The molecule has 0 saturated heterocycles. The normalized spacial score (nSPS) is 11.9. The first-order chi connectivity index (χ1) is 13.5. The highest BCUT2D eigenvalue weighted by Gasteiger charge is 2.29. The molecule has 1 aromatic carbocycles. The summed E-state index contributed by atoms with van der Waals surface area (Å²) in [6, 6.07) is 12.1. The van der Waals surface area contributed by atoms with E-state index < -0.39 is 10.0 Å². The SMILES string of the molecule is Cc1oc(-c2nc(C#N)c(NC(C)(C)C)o2)cc1S(=O)(=O)N(C)c1ccccc1. The molecule has 0 bridgehead atoms. The molecule has 3 rings (SSSR count). The largest absolute Gasteiger partial charge is 0.455 e. The number of rotatable bonds is 5.